The van der Waals surface area contributed by atoms with Crippen LogP contribution in [0.4, 0.5) is 0 Å². The van der Waals surface area contributed by atoms with E-state index in [2.05, 4.69) is 5.32 Å². The van der Waals surface area contributed by atoms with Crippen molar-refractivity contribution in [3.05, 3.63) is 35.9 Å². The molecular formula is C12H14N2O2. The van der Waals surface area contributed by atoms with Crippen LogP contribution in [0.15, 0.2) is 30.3 Å². The Balaban J connectivity index is 2.62. The van der Waals surface area contributed by atoms with Crippen LogP contribution in [0.3, 0.4) is 0 Å². The SMILES string of the molecule is N#CC(C(=O)NCCCO)c1ccccc1. The first-order valence-electron chi connectivity index (χ1n) is 5.12. The number of aliphatic hydroxyl groups is 1. The lowest BCUT2D eigenvalue weighted by molar-refractivity contribution is -0.121. The Morgan fingerprint density at radius 2 is 2.12 bits per heavy atom. The smallest absolute Gasteiger partial charge is 0.241 e. The van der Waals surface area contributed by atoms with E-state index in [9.17, 15) is 4.79 Å². The summed E-state index contributed by atoms with van der Waals surface area (Å²) in [5.41, 5.74) is 0.687. The highest BCUT2D eigenvalue weighted by atomic mass is 16.3. The van der Waals surface area contributed by atoms with Crippen LogP contribution in [0.1, 0.15) is 17.9 Å². The molecule has 4 heteroatoms. The normalized spacial score (nSPS) is 11.5. The summed E-state index contributed by atoms with van der Waals surface area (Å²) < 4.78 is 0. The summed E-state index contributed by atoms with van der Waals surface area (Å²) in [6.45, 7) is 0.420. The van der Waals surface area contributed by atoms with Gasteiger partial charge in [-0.2, -0.15) is 5.26 Å². The third kappa shape index (κ3) is 3.37. The summed E-state index contributed by atoms with van der Waals surface area (Å²) in [6.07, 6.45) is 0.499. The standard InChI is InChI=1S/C12H14N2O2/c13-9-11(10-5-2-1-3-6-10)12(16)14-7-4-8-15/h1-3,5-6,11,15H,4,7-8H2,(H,14,16). The van der Waals surface area contributed by atoms with Crippen LogP contribution in [0, 0.1) is 11.3 Å². The van der Waals surface area contributed by atoms with Gasteiger partial charge >= 0.3 is 0 Å². The number of aliphatic hydroxyl groups excluding tert-OH is 1. The van der Waals surface area contributed by atoms with Crippen molar-refractivity contribution in [3.8, 4) is 6.07 Å². The first-order valence-corrected chi connectivity index (χ1v) is 5.12. The number of benzene rings is 1. The topological polar surface area (TPSA) is 73.1 Å². The molecule has 0 fully saturated rings. The Bertz CT molecular complexity index is 370. The Morgan fingerprint density at radius 1 is 1.44 bits per heavy atom. The Kier molecular flexibility index (Phi) is 5.03. The zero-order valence-corrected chi connectivity index (χ0v) is 8.89. The van der Waals surface area contributed by atoms with Crippen molar-refractivity contribution in [2.24, 2.45) is 0 Å². The molecule has 0 heterocycles. The van der Waals surface area contributed by atoms with Crippen LogP contribution in [-0.4, -0.2) is 24.2 Å². The van der Waals surface area contributed by atoms with E-state index in [1.54, 1.807) is 24.3 Å². The van der Waals surface area contributed by atoms with Crippen molar-refractivity contribution >= 4 is 5.91 Å². The second-order valence-corrected chi connectivity index (χ2v) is 3.34. The third-order valence-electron chi connectivity index (χ3n) is 2.16. The number of hydrogen-bond donors (Lipinski definition) is 2. The number of carbonyl (C=O) groups is 1. The fraction of sp³-hybridized carbons (Fsp3) is 0.333. The summed E-state index contributed by atoms with van der Waals surface area (Å²) in [5.74, 6) is -1.10. The number of rotatable bonds is 5. The van der Waals surface area contributed by atoms with Crippen LogP contribution in [0.25, 0.3) is 0 Å². The average Bonchev–Trinajstić information content (AvgIpc) is 2.32. The van der Waals surface area contributed by atoms with Gasteiger partial charge in [-0.05, 0) is 12.0 Å². The monoisotopic (exact) mass is 218 g/mol. The maximum Gasteiger partial charge on any atom is 0.241 e. The maximum atomic E-state index is 11.6. The van der Waals surface area contributed by atoms with Crippen LogP contribution in [-0.2, 0) is 4.79 Å². The summed E-state index contributed by atoms with van der Waals surface area (Å²) in [7, 11) is 0. The molecule has 0 aromatic heterocycles. The van der Waals surface area contributed by atoms with Crippen LogP contribution in [0.5, 0.6) is 0 Å². The Morgan fingerprint density at radius 3 is 2.69 bits per heavy atom. The molecule has 84 valence electrons. The van der Waals surface area contributed by atoms with Crippen LogP contribution < -0.4 is 5.32 Å². The highest BCUT2D eigenvalue weighted by molar-refractivity contribution is 5.86. The predicted octanol–water partition coefficient (Wildman–Crippen LogP) is 0.792. The van der Waals surface area contributed by atoms with Crippen molar-refractivity contribution < 1.29 is 9.90 Å². The molecule has 2 N–H and O–H groups in total. The summed E-state index contributed by atoms with van der Waals surface area (Å²) in [6, 6.07) is 10.9. The molecule has 0 saturated carbocycles. The van der Waals surface area contributed by atoms with E-state index < -0.39 is 5.92 Å². The molecule has 1 aromatic rings. The second-order valence-electron chi connectivity index (χ2n) is 3.34. The molecule has 4 nitrogen and oxygen atoms in total. The Labute approximate surface area is 94.5 Å². The molecule has 0 aliphatic heterocycles. The van der Waals surface area contributed by atoms with Gasteiger partial charge in [-0.1, -0.05) is 30.3 Å². The van der Waals surface area contributed by atoms with Gasteiger partial charge in [0.25, 0.3) is 0 Å². The van der Waals surface area contributed by atoms with Gasteiger partial charge < -0.3 is 10.4 Å². The molecule has 0 spiro atoms. The lowest BCUT2D eigenvalue weighted by Crippen LogP contribution is -2.29. The van der Waals surface area contributed by atoms with E-state index in [1.807, 2.05) is 12.1 Å². The van der Waals surface area contributed by atoms with Gasteiger partial charge in [0, 0.05) is 13.2 Å². The van der Waals surface area contributed by atoms with E-state index in [0.717, 1.165) is 0 Å². The highest BCUT2D eigenvalue weighted by Gasteiger charge is 2.18. The molecule has 1 rings (SSSR count). The summed E-state index contributed by atoms with van der Waals surface area (Å²) >= 11 is 0. The Hall–Kier alpha value is -1.86. The average molecular weight is 218 g/mol. The molecule has 0 aliphatic carbocycles. The molecule has 1 amide bonds. The number of nitrogens with zero attached hydrogens (tertiary/aromatic N) is 1. The molecule has 0 aliphatic rings. The number of hydrogen-bond acceptors (Lipinski definition) is 3. The molecule has 0 saturated heterocycles. The van der Waals surface area contributed by atoms with Crippen molar-refractivity contribution in [1.82, 2.24) is 5.32 Å². The van der Waals surface area contributed by atoms with E-state index >= 15 is 0 Å². The number of nitrogens with one attached hydrogen (secondary N) is 1. The van der Waals surface area contributed by atoms with E-state index in [1.165, 1.54) is 0 Å². The first kappa shape index (κ1) is 12.2. The minimum Gasteiger partial charge on any atom is -0.396 e. The first-order chi connectivity index (χ1) is 7.79. The highest BCUT2D eigenvalue weighted by Crippen LogP contribution is 2.14. The zero-order chi connectivity index (χ0) is 11.8. The largest absolute Gasteiger partial charge is 0.396 e. The van der Waals surface area contributed by atoms with Crippen molar-refractivity contribution in [3.63, 3.8) is 0 Å². The summed E-state index contributed by atoms with van der Waals surface area (Å²) in [4.78, 5) is 11.6. The summed E-state index contributed by atoms with van der Waals surface area (Å²) in [5, 5.41) is 20.1. The molecule has 1 atom stereocenters. The van der Waals surface area contributed by atoms with Crippen molar-refractivity contribution in [2.75, 3.05) is 13.2 Å². The molecule has 1 unspecified atom stereocenters. The molecule has 1 aromatic carbocycles. The zero-order valence-electron chi connectivity index (χ0n) is 8.89. The van der Waals surface area contributed by atoms with E-state index in [-0.39, 0.29) is 12.5 Å². The predicted molar refractivity (Wildman–Crippen MR) is 59.5 cm³/mol. The number of amides is 1. The van der Waals surface area contributed by atoms with Crippen LogP contribution >= 0.6 is 0 Å². The van der Waals surface area contributed by atoms with Crippen molar-refractivity contribution in [2.45, 2.75) is 12.3 Å². The van der Waals surface area contributed by atoms with Gasteiger partial charge in [0.05, 0.1) is 6.07 Å². The van der Waals surface area contributed by atoms with Gasteiger partial charge in [-0.15, -0.1) is 0 Å². The minimum atomic E-state index is -0.778. The lowest BCUT2D eigenvalue weighted by atomic mass is 10.00. The fourth-order valence-electron chi connectivity index (χ4n) is 1.32. The third-order valence-corrected chi connectivity index (χ3v) is 2.16. The lowest BCUT2D eigenvalue weighted by Gasteiger charge is -2.09. The molecule has 0 radical (unpaired) electrons. The van der Waals surface area contributed by atoms with Crippen molar-refractivity contribution in [1.29, 1.82) is 5.26 Å². The minimum absolute atomic E-state index is 0.0306. The molecule has 16 heavy (non-hydrogen) atoms. The fourth-order valence-corrected chi connectivity index (χ4v) is 1.32. The van der Waals surface area contributed by atoms with Gasteiger partial charge in [-0.3, -0.25) is 4.79 Å². The number of carbonyl (C=O) groups excluding carboxylic acids is 1. The van der Waals surface area contributed by atoms with Gasteiger partial charge in [0.2, 0.25) is 5.91 Å². The van der Waals surface area contributed by atoms with Gasteiger partial charge in [0.15, 0.2) is 0 Å². The number of nitriles is 1. The molecular weight excluding hydrogens is 204 g/mol. The maximum absolute atomic E-state index is 11.6. The van der Waals surface area contributed by atoms with Gasteiger partial charge in [-0.25, -0.2) is 0 Å². The second kappa shape index (κ2) is 6.59. The van der Waals surface area contributed by atoms with Gasteiger partial charge in [0.1, 0.15) is 5.92 Å². The molecule has 0 bridgehead atoms. The van der Waals surface area contributed by atoms with E-state index in [4.69, 9.17) is 10.4 Å². The van der Waals surface area contributed by atoms with E-state index in [0.29, 0.717) is 18.5 Å². The van der Waals surface area contributed by atoms with Crippen LogP contribution in [0.2, 0.25) is 0 Å². The quantitative estimate of drug-likeness (QED) is 0.718.